The van der Waals surface area contributed by atoms with Gasteiger partial charge in [0.25, 0.3) is 10.0 Å². The first-order valence-corrected chi connectivity index (χ1v) is 14.0. The van der Waals surface area contributed by atoms with Crippen molar-refractivity contribution < 1.29 is 17.9 Å². The number of carbonyl (C=O) groups is 1. The fourth-order valence-corrected chi connectivity index (χ4v) is 5.68. The van der Waals surface area contributed by atoms with Crippen molar-refractivity contribution in [3.05, 3.63) is 125 Å². The van der Waals surface area contributed by atoms with Gasteiger partial charge < -0.3 is 10.1 Å². The molecule has 1 N–H and O–H groups in total. The summed E-state index contributed by atoms with van der Waals surface area (Å²) < 4.78 is 34.2. The molecule has 0 fully saturated rings. The average molecular weight is 529 g/mol. The molecule has 38 heavy (non-hydrogen) atoms. The predicted octanol–water partition coefficient (Wildman–Crippen LogP) is 5.80. The van der Waals surface area contributed by atoms with E-state index in [0.29, 0.717) is 18.0 Å². The summed E-state index contributed by atoms with van der Waals surface area (Å²) in [5.41, 5.74) is 4.28. The first-order chi connectivity index (χ1) is 18.3. The van der Waals surface area contributed by atoms with E-state index in [4.69, 9.17) is 4.74 Å². The number of hydrogen-bond donors (Lipinski definition) is 1. The average Bonchev–Trinajstić information content (AvgIpc) is 2.92. The highest BCUT2D eigenvalue weighted by Crippen LogP contribution is 2.27. The Morgan fingerprint density at radius 3 is 2.11 bits per heavy atom. The van der Waals surface area contributed by atoms with Crippen molar-refractivity contribution in [1.29, 1.82) is 0 Å². The van der Waals surface area contributed by atoms with E-state index in [1.54, 1.807) is 24.3 Å². The second kappa shape index (κ2) is 12.0. The minimum Gasteiger partial charge on any atom is -0.494 e. The molecule has 4 aromatic carbocycles. The number of sulfonamides is 1. The van der Waals surface area contributed by atoms with Gasteiger partial charge in [-0.25, -0.2) is 8.42 Å². The van der Waals surface area contributed by atoms with Gasteiger partial charge in [-0.1, -0.05) is 72.3 Å². The van der Waals surface area contributed by atoms with Gasteiger partial charge >= 0.3 is 0 Å². The van der Waals surface area contributed by atoms with Crippen LogP contribution >= 0.6 is 0 Å². The molecular weight excluding hydrogens is 496 g/mol. The first-order valence-electron chi connectivity index (χ1n) is 12.5. The summed E-state index contributed by atoms with van der Waals surface area (Å²) in [5.74, 6) is 0.159. The zero-order valence-electron chi connectivity index (χ0n) is 21.8. The van der Waals surface area contributed by atoms with Gasteiger partial charge in [-0.15, -0.1) is 0 Å². The van der Waals surface area contributed by atoms with Crippen LogP contribution < -0.4 is 14.4 Å². The van der Waals surface area contributed by atoms with Gasteiger partial charge in [-0.2, -0.15) is 0 Å². The summed E-state index contributed by atoms with van der Waals surface area (Å²) >= 11 is 0. The molecule has 0 aromatic heterocycles. The van der Waals surface area contributed by atoms with Crippen molar-refractivity contribution in [1.82, 2.24) is 5.32 Å². The lowest BCUT2D eigenvalue weighted by molar-refractivity contribution is -0.120. The van der Waals surface area contributed by atoms with Crippen molar-refractivity contribution >= 4 is 21.6 Å². The number of aryl methyl sites for hydroxylation is 2. The van der Waals surface area contributed by atoms with E-state index in [1.807, 2.05) is 87.5 Å². The molecule has 4 rings (SSSR count). The molecule has 0 saturated carbocycles. The maximum absolute atomic E-state index is 13.8. The summed E-state index contributed by atoms with van der Waals surface area (Å²) in [5, 5.41) is 3.09. The molecule has 0 spiro atoms. The standard InChI is InChI=1S/C31H32N2O4S/c1-4-37-27-18-20-28(21-19-27)38(35,36)33(26-16-14-23(2)15-17-26)22-30(34)32-31(25-11-6-5-7-12-25)29-13-9-8-10-24(29)3/h5-21,31H,4,22H2,1-3H3,(H,32,34)/t31-/m0/s1. The van der Waals surface area contributed by atoms with E-state index in [2.05, 4.69) is 5.32 Å². The highest BCUT2D eigenvalue weighted by molar-refractivity contribution is 7.92. The fourth-order valence-electron chi connectivity index (χ4n) is 4.26. The quantitative estimate of drug-likeness (QED) is 0.282. The lowest BCUT2D eigenvalue weighted by atomic mass is 9.95. The zero-order chi connectivity index (χ0) is 27.1. The smallest absolute Gasteiger partial charge is 0.264 e. The van der Waals surface area contributed by atoms with Crippen LogP contribution in [0.1, 0.15) is 35.2 Å². The third kappa shape index (κ3) is 6.23. The number of ether oxygens (including phenoxy) is 1. The van der Waals surface area contributed by atoms with E-state index in [-0.39, 0.29) is 11.4 Å². The molecule has 196 valence electrons. The monoisotopic (exact) mass is 528 g/mol. The number of nitrogens with one attached hydrogen (secondary N) is 1. The van der Waals surface area contributed by atoms with Gasteiger partial charge in [-0.05, 0) is 73.9 Å². The fraction of sp³-hybridized carbons (Fsp3) is 0.194. The summed E-state index contributed by atoms with van der Waals surface area (Å²) in [4.78, 5) is 13.6. The number of amides is 1. The normalized spacial score (nSPS) is 12.0. The van der Waals surface area contributed by atoms with Crippen LogP contribution in [0.2, 0.25) is 0 Å². The molecule has 1 amide bonds. The van der Waals surface area contributed by atoms with Crippen molar-refractivity contribution in [2.75, 3.05) is 17.5 Å². The van der Waals surface area contributed by atoms with Gasteiger partial charge in [-0.3, -0.25) is 9.10 Å². The first kappa shape index (κ1) is 26.9. The predicted molar refractivity (Wildman–Crippen MR) is 151 cm³/mol. The lowest BCUT2D eigenvalue weighted by Crippen LogP contribution is -2.42. The molecule has 6 nitrogen and oxygen atoms in total. The Labute approximate surface area is 225 Å². The maximum atomic E-state index is 13.8. The van der Waals surface area contributed by atoms with Gasteiger partial charge in [0.2, 0.25) is 5.91 Å². The number of rotatable bonds is 10. The van der Waals surface area contributed by atoms with Gasteiger partial charge in [0.1, 0.15) is 12.3 Å². The molecule has 0 aliphatic heterocycles. The van der Waals surface area contributed by atoms with Gasteiger partial charge in [0.05, 0.1) is 23.2 Å². The lowest BCUT2D eigenvalue weighted by Gasteiger charge is -2.27. The highest BCUT2D eigenvalue weighted by atomic mass is 32.2. The van der Waals surface area contributed by atoms with Gasteiger partial charge in [0, 0.05) is 0 Å². The SMILES string of the molecule is CCOc1ccc(S(=O)(=O)N(CC(=O)N[C@@H](c2ccccc2)c2ccccc2C)c2ccc(C)cc2)cc1. The number of benzene rings is 4. The number of anilines is 1. The number of nitrogens with zero attached hydrogens (tertiary/aromatic N) is 1. The summed E-state index contributed by atoms with van der Waals surface area (Å²) in [6.45, 7) is 5.88. The Morgan fingerprint density at radius 1 is 0.842 bits per heavy atom. The molecule has 0 unspecified atom stereocenters. The van der Waals surface area contributed by atoms with Crippen LogP contribution in [0, 0.1) is 13.8 Å². The van der Waals surface area contributed by atoms with Crippen LogP contribution in [0.3, 0.4) is 0 Å². The Hall–Kier alpha value is -4.10. The largest absolute Gasteiger partial charge is 0.494 e. The van der Waals surface area contributed by atoms with Crippen LogP contribution in [-0.2, 0) is 14.8 Å². The van der Waals surface area contributed by atoms with Crippen LogP contribution in [0.4, 0.5) is 5.69 Å². The van der Waals surface area contributed by atoms with Crippen molar-refractivity contribution in [3.8, 4) is 5.75 Å². The molecule has 0 heterocycles. The van der Waals surface area contributed by atoms with Crippen molar-refractivity contribution in [3.63, 3.8) is 0 Å². The van der Waals surface area contributed by atoms with E-state index in [1.165, 1.54) is 12.1 Å². The van der Waals surface area contributed by atoms with Crippen LogP contribution in [0.5, 0.6) is 5.75 Å². The molecule has 1 atom stereocenters. The maximum Gasteiger partial charge on any atom is 0.264 e. The topological polar surface area (TPSA) is 75.7 Å². The van der Waals surface area contributed by atoms with E-state index >= 15 is 0 Å². The Kier molecular flexibility index (Phi) is 8.48. The second-order valence-electron chi connectivity index (χ2n) is 9.02. The molecule has 0 radical (unpaired) electrons. The molecule has 0 aliphatic rings. The highest BCUT2D eigenvalue weighted by Gasteiger charge is 2.29. The van der Waals surface area contributed by atoms with Crippen LogP contribution in [0.25, 0.3) is 0 Å². The van der Waals surface area contributed by atoms with Crippen LogP contribution in [0.15, 0.2) is 108 Å². The third-order valence-electron chi connectivity index (χ3n) is 6.27. The molecule has 7 heteroatoms. The summed E-state index contributed by atoms with van der Waals surface area (Å²) in [6.07, 6.45) is 0. The summed E-state index contributed by atoms with van der Waals surface area (Å²) in [6, 6.07) is 30.4. The second-order valence-corrected chi connectivity index (χ2v) is 10.9. The number of hydrogen-bond acceptors (Lipinski definition) is 4. The molecule has 4 aromatic rings. The van der Waals surface area contributed by atoms with Crippen molar-refractivity contribution in [2.45, 2.75) is 31.7 Å². The Balaban J connectivity index is 1.68. The number of carbonyl (C=O) groups excluding carboxylic acids is 1. The van der Waals surface area contributed by atoms with E-state index in [9.17, 15) is 13.2 Å². The Morgan fingerprint density at radius 2 is 1.47 bits per heavy atom. The minimum absolute atomic E-state index is 0.0767. The zero-order valence-corrected chi connectivity index (χ0v) is 22.6. The third-order valence-corrected chi connectivity index (χ3v) is 8.06. The molecule has 0 aliphatic carbocycles. The molecule has 0 saturated heterocycles. The van der Waals surface area contributed by atoms with Crippen molar-refractivity contribution in [2.24, 2.45) is 0 Å². The van der Waals surface area contributed by atoms with E-state index < -0.39 is 22.0 Å². The molecule has 0 bridgehead atoms. The Bertz CT molecular complexity index is 1470. The molecular formula is C31H32N2O4S. The van der Waals surface area contributed by atoms with E-state index in [0.717, 1.165) is 26.6 Å². The van der Waals surface area contributed by atoms with Crippen LogP contribution in [-0.4, -0.2) is 27.5 Å². The summed E-state index contributed by atoms with van der Waals surface area (Å²) in [7, 11) is -4.05. The van der Waals surface area contributed by atoms with Gasteiger partial charge in [0.15, 0.2) is 0 Å². The minimum atomic E-state index is -4.05.